The van der Waals surface area contributed by atoms with Crippen LogP contribution in [0.2, 0.25) is 0 Å². The maximum absolute atomic E-state index is 13.5. The van der Waals surface area contributed by atoms with E-state index in [4.69, 9.17) is 0 Å². The van der Waals surface area contributed by atoms with Gasteiger partial charge >= 0.3 is 0 Å². The molecule has 1 aliphatic rings. The molecule has 0 saturated carbocycles. The molecular weight excluding hydrogens is 198 g/mol. The van der Waals surface area contributed by atoms with Gasteiger partial charge < -0.3 is 10.2 Å². The van der Waals surface area contributed by atoms with Crippen molar-refractivity contribution in [3.05, 3.63) is 29.8 Å². The molecule has 1 saturated heterocycles. The minimum Gasteiger partial charge on any atom is -0.366 e. The van der Waals surface area contributed by atoms with E-state index in [0.717, 1.165) is 12.6 Å². The average Bonchev–Trinajstić information content (AvgIpc) is 2.22. The van der Waals surface area contributed by atoms with Crippen molar-refractivity contribution in [3.8, 4) is 0 Å². The molecule has 1 heterocycles. The average molecular weight is 212 g/mol. The lowest BCUT2D eigenvalue weighted by molar-refractivity contribution is 0.477. The molecule has 0 spiro atoms. The highest BCUT2D eigenvalue weighted by Crippen LogP contribution is 2.21. The molecule has 0 aromatic heterocycles. The van der Waals surface area contributed by atoms with Crippen LogP contribution in [0.1, 0.15) is 6.92 Å². The van der Waals surface area contributed by atoms with Crippen LogP contribution in [0.4, 0.5) is 14.5 Å². The van der Waals surface area contributed by atoms with Crippen molar-refractivity contribution in [1.82, 2.24) is 5.32 Å². The zero-order valence-corrected chi connectivity index (χ0v) is 8.63. The summed E-state index contributed by atoms with van der Waals surface area (Å²) in [7, 11) is 0. The van der Waals surface area contributed by atoms with Crippen LogP contribution in [-0.4, -0.2) is 25.7 Å². The van der Waals surface area contributed by atoms with E-state index in [1.165, 1.54) is 12.1 Å². The molecule has 1 aromatic carbocycles. The second-order valence-electron chi connectivity index (χ2n) is 3.90. The molecule has 2 rings (SSSR count). The van der Waals surface area contributed by atoms with Gasteiger partial charge in [-0.25, -0.2) is 8.78 Å². The van der Waals surface area contributed by atoms with E-state index < -0.39 is 5.82 Å². The van der Waals surface area contributed by atoms with Gasteiger partial charge in [-0.3, -0.25) is 0 Å². The summed E-state index contributed by atoms with van der Waals surface area (Å²) in [6, 6.07) is 3.89. The molecule has 0 unspecified atom stereocenters. The van der Waals surface area contributed by atoms with Crippen LogP contribution in [-0.2, 0) is 0 Å². The summed E-state index contributed by atoms with van der Waals surface area (Å²) in [5.41, 5.74) is 0.364. The standard InChI is InChI=1S/C11H14F2N2/c1-8-7-15(5-4-14-8)11-6-9(12)2-3-10(11)13/h2-3,6,8,14H,4-5,7H2,1H3/t8-/m0/s1. The van der Waals surface area contributed by atoms with E-state index in [-0.39, 0.29) is 5.82 Å². The Morgan fingerprint density at radius 1 is 1.40 bits per heavy atom. The monoisotopic (exact) mass is 212 g/mol. The van der Waals surface area contributed by atoms with E-state index in [1.807, 2.05) is 11.8 Å². The van der Waals surface area contributed by atoms with Gasteiger partial charge in [-0.15, -0.1) is 0 Å². The minimum atomic E-state index is -0.391. The SMILES string of the molecule is C[C@H]1CN(c2cc(F)ccc2F)CCN1. The predicted octanol–water partition coefficient (Wildman–Crippen LogP) is 1.76. The van der Waals surface area contributed by atoms with E-state index in [2.05, 4.69) is 5.32 Å². The first-order chi connectivity index (χ1) is 7.16. The number of hydrogen-bond acceptors (Lipinski definition) is 2. The normalized spacial score (nSPS) is 21.8. The van der Waals surface area contributed by atoms with Crippen molar-refractivity contribution < 1.29 is 8.78 Å². The van der Waals surface area contributed by atoms with Gasteiger partial charge in [-0.2, -0.15) is 0 Å². The predicted molar refractivity (Wildman–Crippen MR) is 56.0 cm³/mol. The molecule has 15 heavy (non-hydrogen) atoms. The van der Waals surface area contributed by atoms with Crippen LogP contribution >= 0.6 is 0 Å². The molecule has 1 atom stereocenters. The van der Waals surface area contributed by atoms with Crippen LogP contribution in [0.25, 0.3) is 0 Å². The van der Waals surface area contributed by atoms with Crippen LogP contribution in [0.5, 0.6) is 0 Å². The van der Waals surface area contributed by atoms with E-state index in [0.29, 0.717) is 24.8 Å². The molecule has 1 aromatic rings. The van der Waals surface area contributed by atoms with Crippen molar-refractivity contribution in [3.63, 3.8) is 0 Å². The fourth-order valence-corrected chi connectivity index (χ4v) is 1.88. The molecule has 0 amide bonds. The number of benzene rings is 1. The highest BCUT2D eigenvalue weighted by atomic mass is 19.1. The highest BCUT2D eigenvalue weighted by Gasteiger charge is 2.18. The zero-order chi connectivity index (χ0) is 10.8. The van der Waals surface area contributed by atoms with Gasteiger partial charge in [0.25, 0.3) is 0 Å². The fourth-order valence-electron chi connectivity index (χ4n) is 1.88. The molecule has 82 valence electrons. The highest BCUT2D eigenvalue weighted by molar-refractivity contribution is 5.48. The Bertz CT molecular complexity index is 354. The van der Waals surface area contributed by atoms with Gasteiger partial charge in [0.1, 0.15) is 11.6 Å². The maximum Gasteiger partial charge on any atom is 0.146 e. The molecule has 0 bridgehead atoms. The Morgan fingerprint density at radius 2 is 2.20 bits per heavy atom. The first-order valence-corrected chi connectivity index (χ1v) is 5.10. The molecule has 4 heteroatoms. The number of hydrogen-bond donors (Lipinski definition) is 1. The lowest BCUT2D eigenvalue weighted by Gasteiger charge is -2.33. The van der Waals surface area contributed by atoms with Gasteiger partial charge in [0, 0.05) is 31.7 Å². The van der Waals surface area contributed by atoms with Crippen molar-refractivity contribution in [2.24, 2.45) is 0 Å². The summed E-state index contributed by atoms with van der Waals surface area (Å²) in [6.07, 6.45) is 0. The summed E-state index contributed by atoms with van der Waals surface area (Å²) < 4.78 is 26.4. The lowest BCUT2D eigenvalue weighted by atomic mass is 10.2. The summed E-state index contributed by atoms with van der Waals surface area (Å²) in [4.78, 5) is 1.87. The number of rotatable bonds is 1. The quantitative estimate of drug-likeness (QED) is 0.763. The molecule has 0 aliphatic carbocycles. The Kier molecular flexibility index (Phi) is 2.86. The Labute approximate surface area is 87.9 Å². The number of nitrogens with one attached hydrogen (secondary N) is 1. The third-order valence-electron chi connectivity index (χ3n) is 2.62. The minimum absolute atomic E-state index is 0.307. The third kappa shape index (κ3) is 2.26. The van der Waals surface area contributed by atoms with E-state index in [1.54, 1.807) is 0 Å². The Balaban J connectivity index is 2.24. The van der Waals surface area contributed by atoms with Gasteiger partial charge in [-0.1, -0.05) is 0 Å². The van der Waals surface area contributed by atoms with Crippen molar-refractivity contribution in [2.45, 2.75) is 13.0 Å². The lowest BCUT2D eigenvalue weighted by Crippen LogP contribution is -2.49. The Hall–Kier alpha value is -1.16. The second-order valence-corrected chi connectivity index (χ2v) is 3.90. The molecule has 1 aliphatic heterocycles. The first-order valence-electron chi connectivity index (χ1n) is 5.10. The van der Waals surface area contributed by atoms with Gasteiger partial charge in [0.2, 0.25) is 0 Å². The van der Waals surface area contributed by atoms with Gasteiger partial charge in [0.05, 0.1) is 5.69 Å². The van der Waals surface area contributed by atoms with Crippen LogP contribution < -0.4 is 10.2 Å². The van der Waals surface area contributed by atoms with E-state index >= 15 is 0 Å². The second kappa shape index (κ2) is 4.14. The summed E-state index contributed by atoms with van der Waals surface area (Å²) in [5.74, 6) is -0.747. The molecule has 2 nitrogen and oxygen atoms in total. The number of nitrogens with zero attached hydrogens (tertiary/aromatic N) is 1. The summed E-state index contributed by atoms with van der Waals surface area (Å²) in [6.45, 7) is 4.26. The smallest absolute Gasteiger partial charge is 0.146 e. The van der Waals surface area contributed by atoms with Crippen molar-refractivity contribution >= 4 is 5.69 Å². The van der Waals surface area contributed by atoms with Crippen molar-refractivity contribution in [1.29, 1.82) is 0 Å². The summed E-state index contributed by atoms with van der Waals surface area (Å²) >= 11 is 0. The molecule has 1 fully saturated rings. The first kappa shape index (κ1) is 10.4. The van der Waals surface area contributed by atoms with Crippen LogP contribution in [0, 0.1) is 11.6 Å². The topological polar surface area (TPSA) is 15.3 Å². The maximum atomic E-state index is 13.5. The van der Waals surface area contributed by atoms with Gasteiger partial charge in [0.15, 0.2) is 0 Å². The van der Waals surface area contributed by atoms with Crippen LogP contribution in [0.15, 0.2) is 18.2 Å². The van der Waals surface area contributed by atoms with Crippen molar-refractivity contribution in [2.75, 3.05) is 24.5 Å². The Morgan fingerprint density at radius 3 is 2.93 bits per heavy atom. The molecular formula is C11H14F2N2. The fraction of sp³-hybridized carbons (Fsp3) is 0.455. The largest absolute Gasteiger partial charge is 0.366 e. The van der Waals surface area contributed by atoms with Gasteiger partial charge in [-0.05, 0) is 19.1 Å². The van der Waals surface area contributed by atoms with E-state index in [9.17, 15) is 8.78 Å². The molecule has 0 radical (unpaired) electrons. The zero-order valence-electron chi connectivity index (χ0n) is 8.63. The number of halogens is 2. The number of anilines is 1. The number of piperazine rings is 1. The molecule has 1 N–H and O–H groups in total. The summed E-state index contributed by atoms with van der Waals surface area (Å²) in [5, 5.41) is 3.26. The van der Waals surface area contributed by atoms with Crippen LogP contribution in [0.3, 0.4) is 0 Å². The third-order valence-corrected chi connectivity index (χ3v) is 2.62.